The minimum absolute atomic E-state index is 0.00853. The van der Waals surface area contributed by atoms with E-state index >= 15 is 0 Å². The van der Waals surface area contributed by atoms with Gasteiger partial charge in [0.25, 0.3) is 0 Å². The van der Waals surface area contributed by atoms with Crippen molar-refractivity contribution >= 4 is 33.0 Å². The van der Waals surface area contributed by atoms with Crippen LogP contribution in [0.25, 0.3) is 0 Å². The number of hydrogen-bond donors (Lipinski definition) is 2. The van der Waals surface area contributed by atoms with Gasteiger partial charge in [-0.2, -0.15) is 18.4 Å². The Hall–Kier alpha value is -2.11. The van der Waals surface area contributed by atoms with Gasteiger partial charge in [-0.25, -0.2) is 8.42 Å². The van der Waals surface area contributed by atoms with Crippen molar-refractivity contribution in [3.05, 3.63) is 23.2 Å². The van der Waals surface area contributed by atoms with Crippen molar-refractivity contribution in [2.24, 2.45) is 5.41 Å². The summed E-state index contributed by atoms with van der Waals surface area (Å²) in [5.74, 6) is -1.24. The Morgan fingerprint density at radius 3 is 2.38 bits per heavy atom. The van der Waals surface area contributed by atoms with Crippen molar-refractivity contribution in [3.63, 3.8) is 0 Å². The molecule has 220 valence electrons. The normalized spacial score (nSPS) is 26.8. The highest BCUT2D eigenvalue weighted by Gasteiger charge is 2.70. The molecule has 2 heterocycles. The molecule has 2 aliphatic carbocycles. The highest BCUT2D eigenvalue weighted by Crippen LogP contribution is 2.59. The molecule has 0 spiro atoms. The molecule has 40 heavy (non-hydrogen) atoms. The van der Waals surface area contributed by atoms with Gasteiger partial charge in [-0.05, 0) is 56.8 Å². The molecular weight excluding hydrogens is 571 g/mol. The van der Waals surface area contributed by atoms with E-state index in [1.54, 1.807) is 12.1 Å². The molecule has 2 saturated heterocycles. The third-order valence-electron chi connectivity index (χ3n) is 8.87. The number of anilines is 1. The molecule has 9 nitrogen and oxygen atoms in total. The Balaban J connectivity index is 1.39. The summed E-state index contributed by atoms with van der Waals surface area (Å²) in [5.41, 5.74) is -2.83. The van der Waals surface area contributed by atoms with E-state index in [1.165, 1.54) is 6.07 Å². The summed E-state index contributed by atoms with van der Waals surface area (Å²) in [7, 11) is -4.19. The third kappa shape index (κ3) is 5.17. The summed E-state index contributed by atoms with van der Waals surface area (Å²) in [6, 6.07) is 5.42. The van der Waals surface area contributed by atoms with Crippen LogP contribution in [0, 0.1) is 16.7 Å². The van der Waals surface area contributed by atoms with Crippen molar-refractivity contribution < 1.29 is 31.5 Å². The SMILES string of the molecule is CCN1CCN(c2ccc(S(=O)(=O)[C@@H]3C[C@@H](C(O)NC4(C#N)CC4)N(C(=O)C4(C(F)(F)F)CC4)C3)c(Cl)c2)CC1. The fourth-order valence-electron chi connectivity index (χ4n) is 5.81. The lowest BCUT2D eigenvalue weighted by Crippen LogP contribution is -2.55. The number of aliphatic hydroxyl groups is 1. The first kappa shape index (κ1) is 29.4. The minimum atomic E-state index is -4.80. The number of nitrogens with zero attached hydrogens (tertiary/aromatic N) is 4. The zero-order valence-electron chi connectivity index (χ0n) is 22.1. The zero-order chi connectivity index (χ0) is 29.1. The molecule has 1 unspecified atom stereocenters. The van der Waals surface area contributed by atoms with Crippen molar-refractivity contribution in [3.8, 4) is 6.07 Å². The van der Waals surface area contributed by atoms with Gasteiger partial charge in [0.05, 0.1) is 27.3 Å². The number of carbonyl (C=O) groups is 1. The average Bonchev–Trinajstić information content (AvgIpc) is 3.84. The monoisotopic (exact) mass is 603 g/mol. The second kappa shape index (κ2) is 10.3. The number of carbonyl (C=O) groups excluding carboxylic acids is 1. The van der Waals surface area contributed by atoms with Gasteiger partial charge >= 0.3 is 6.18 Å². The van der Waals surface area contributed by atoms with Crippen LogP contribution < -0.4 is 10.2 Å². The minimum Gasteiger partial charge on any atom is -0.376 e. The zero-order valence-corrected chi connectivity index (χ0v) is 23.7. The van der Waals surface area contributed by atoms with E-state index in [2.05, 4.69) is 22.0 Å². The molecule has 2 N–H and O–H groups in total. The number of likely N-dealkylation sites (N-methyl/N-ethyl adjacent to an activating group) is 1. The van der Waals surface area contributed by atoms with Crippen molar-refractivity contribution in [1.29, 1.82) is 5.26 Å². The number of piperazine rings is 1. The van der Waals surface area contributed by atoms with Crippen molar-refractivity contribution in [2.75, 3.05) is 44.2 Å². The van der Waals surface area contributed by atoms with E-state index in [4.69, 9.17) is 11.6 Å². The Kier molecular flexibility index (Phi) is 7.57. The van der Waals surface area contributed by atoms with Crippen molar-refractivity contribution in [2.45, 2.75) is 73.2 Å². The van der Waals surface area contributed by atoms with Crippen LogP contribution >= 0.6 is 11.6 Å². The first-order chi connectivity index (χ1) is 18.8. The first-order valence-corrected chi connectivity index (χ1v) is 15.4. The van der Waals surface area contributed by atoms with Gasteiger partial charge in [-0.1, -0.05) is 18.5 Å². The number of hydrogen-bond acceptors (Lipinski definition) is 8. The first-order valence-electron chi connectivity index (χ1n) is 13.5. The van der Waals surface area contributed by atoms with Gasteiger partial charge in [-0.15, -0.1) is 0 Å². The summed E-state index contributed by atoms with van der Waals surface area (Å²) in [5, 5.41) is 21.8. The average molecular weight is 604 g/mol. The van der Waals surface area contributed by atoms with E-state index in [0.717, 1.165) is 43.3 Å². The number of rotatable bonds is 8. The molecule has 3 atom stereocenters. The molecular formula is C26H33ClF3N5O4S. The molecule has 5 rings (SSSR count). The number of nitrogens with one attached hydrogen (secondary N) is 1. The number of halogens is 4. The van der Waals surface area contributed by atoms with Gasteiger partial charge in [-0.3, -0.25) is 10.1 Å². The Morgan fingerprint density at radius 2 is 1.88 bits per heavy atom. The molecule has 2 aliphatic heterocycles. The Bertz CT molecular complexity index is 1300. The third-order valence-corrected chi connectivity index (χ3v) is 11.5. The second-order valence-electron chi connectivity index (χ2n) is 11.3. The van der Waals surface area contributed by atoms with Crippen LogP contribution in [0.4, 0.5) is 18.9 Å². The largest absolute Gasteiger partial charge is 0.403 e. The van der Waals surface area contributed by atoms with E-state index in [0.29, 0.717) is 12.8 Å². The van der Waals surface area contributed by atoms with Gasteiger partial charge < -0.3 is 19.8 Å². The molecule has 0 aromatic heterocycles. The number of aliphatic hydroxyl groups excluding tert-OH is 1. The summed E-state index contributed by atoms with van der Waals surface area (Å²) in [6.45, 7) is 5.76. The number of amides is 1. The number of likely N-dealkylation sites (tertiary alicyclic amines) is 1. The molecule has 0 radical (unpaired) electrons. The maximum atomic E-state index is 13.8. The van der Waals surface area contributed by atoms with Crippen LogP contribution in [0.5, 0.6) is 0 Å². The van der Waals surface area contributed by atoms with Gasteiger partial charge in [0, 0.05) is 38.4 Å². The van der Waals surface area contributed by atoms with Crippen LogP contribution in [0.3, 0.4) is 0 Å². The van der Waals surface area contributed by atoms with E-state index in [1.807, 2.05) is 6.07 Å². The fraction of sp³-hybridized carbons (Fsp3) is 0.692. The van der Waals surface area contributed by atoms with E-state index in [-0.39, 0.29) is 29.2 Å². The number of sulfone groups is 1. The van der Waals surface area contributed by atoms with E-state index in [9.17, 15) is 36.8 Å². The van der Waals surface area contributed by atoms with Crippen LogP contribution in [0.1, 0.15) is 39.0 Å². The van der Waals surface area contributed by atoms with Crippen LogP contribution in [0.2, 0.25) is 5.02 Å². The van der Waals surface area contributed by atoms with Crippen LogP contribution in [0.15, 0.2) is 23.1 Å². The maximum absolute atomic E-state index is 13.8. The lowest BCUT2D eigenvalue weighted by molar-refractivity contribution is -0.200. The highest BCUT2D eigenvalue weighted by molar-refractivity contribution is 7.92. The Morgan fingerprint density at radius 1 is 1.23 bits per heavy atom. The smallest absolute Gasteiger partial charge is 0.376 e. The van der Waals surface area contributed by atoms with Crippen molar-refractivity contribution in [1.82, 2.24) is 15.1 Å². The van der Waals surface area contributed by atoms with Crippen LogP contribution in [-0.2, 0) is 14.6 Å². The molecule has 1 amide bonds. The fourth-order valence-corrected chi connectivity index (χ4v) is 8.07. The van der Waals surface area contributed by atoms with Gasteiger partial charge in [0.15, 0.2) is 9.84 Å². The van der Waals surface area contributed by atoms with Gasteiger partial charge in [0.2, 0.25) is 5.91 Å². The Labute approximate surface area is 236 Å². The summed E-state index contributed by atoms with van der Waals surface area (Å²) in [4.78, 5) is 18.3. The maximum Gasteiger partial charge on any atom is 0.403 e. The van der Waals surface area contributed by atoms with E-state index < -0.39 is 56.9 Å². The lowest BCUT2D eigenvalue weighted by Gasteiger charge is -2.35. The molecule has 1 aromatic rings. The molecule has 4 fully saturated rings. The molecule has 4 aliphatic rings. The standard InChI is InChI=1S/C26H33ClF3N5O4S/c1-2-33-9-11-34(12-10-33)17-3-4-21(19(27)13-17)40(38,39)18-14-20(22(36)32-24(16-31)5-6-24)35(15-18)23(37)25(7-8-25)26(28,29)30/h3-4,13,18,20,22,32,36H,2,5-12,14-15H2,1H3/t18-,20+,22?/m1/s1. The highest BCUT2D eigenvalue weighted by atomic mass is 35.5. The number of benzene rings is 1. The molecule has 2 saturated carbocycles. The number of alkyl halides is 3. The predicted molar refractivity (Wildman–Crippen MR) is 141 cm³/mol. The lowest BCUT2D eigenvalue weighted by atomic mass is 10.0. The molecule has 0 bridgehead atoms. The summed E-state index contributed by atoms with van der Waals surface area (Å²) >= 11 is 6.48. The van der Waals surface area contributed by atoms with Gasteiger partial charge in [0.1, 0.15) is 17.2 Å². The topological polar surface area (TPSA) is 117 Å². The quantitative estimate of drug-likeness (QED) is 0.436. The summed E-state index contributed by atoms with van der Waals surface area (Å²) in [6.07, 6.45) is -6.57. The predicted octanol–water partition coefficient (Wildman–Crippen LogP) is 2.53. The van der Waals surface area contributed by atoms with Crippen LogP contribution in [-0.4, -0.2) is 97.7 Å². The summed E-state index contributed by atoms with van der Waals surface area (Å²) < 4.78 is 69.0. The molecule has 14 heteroatoms. The second-order valence-corrected chi connectivity index (χ2v) is 13.9. The number of nitriles is 1. The molecule has 1 aromatic carbocycles.